The number of aromatic nitrogens is 2. The van der Waals surface area contributed by atoms with E-state index in [2.05, 4.69) is 22.2 Å². The number of carbonyl (C=O) groups excluding carboxylic acids is 1. The van der Waals surface area contributed by atoms with Gasteiger partial charge in [-0.2, -0.15) is 0 Å². The van der Waals surface area contributed by atoms with Gasteiger partial charge in [0.2, 0.25) is 5.88 Å². The number of carbonyl (C=O) groups is 1. The molecule has 116 valence electrons. The average molecular weight is 307 g/mol. The van der Waals surface area contributed by atoms with E-state index < -0.39 is 0 Å². The first-order chi connectivity index (χ1) is 11.2. The van der Waals surface area contributed by atoms with Crippen molar-refractivity contribution in [1.29, 1.82) is 0 Å². The Morgan fingerprint density at radius 3 is 2.52 bits per heavy atom. The van der Waals surface area contributed by atoms with E-state index in [1.807, 2.05) is 48.5 Å². The first-order valence-corrected chi connectivity index (χ1v) is 7.42. The van der Waals surface area contributed by atoms with Crippen LogP contribution in [0.15, 0.2) is 48.5 Å². The summed E-state index contributed by atoms with van der Waals surface area (Å²) in [5, 5.41) is 2.85. The van der Waals surface area contributed by atoms with Gasteiger partial charge in [0, 0.05) is 5.69 Å². The number of para-hydroxylation sites is 2. The maximum Gasteiger partial charge on any atom is 0.279 e. The number of hydrogen-bond donors (Lipinski definition) is 1. The summed E-state index contributed by atoms with van der Waals surface area (Å²) in [5.41, 5.74) is 3.40. The molecule has 0 spiro atoms. The van der Waals surface area contributed by atoms with Crippen LogP contribution in [0.3, 0.4) is 0 Å². The zero-order chi connectivity index (χ0) is 16.2. The van der Waals surface area contributed by atoms with E-state index in [9.17, 15) is 4.79 Å². The van der Waals surface area contributed by atoms with Crippen molar-refractivity contribution in [3.05, 3.63) is 59.8 Å². The minimum Gasteiger partial charge on any atom is -0.479 e. The van der Waals surface area contributed by atoms with Gasteiger partial charge in [0.25, 0.3) is 5.91 Å². The van der Waals surface area contributed by atoms with Gasteiger partial charge in [0.15, 0.2) is 5.69 Å². The van der Waals surface area contributed by atoms with Crippen LogP contribution in [0, 0.1) is 0 Å². The Morgan fingerprint density at radius 1 is 1.09 bits per heavy atom. The van der Waals surface area contributed by atoms with E-state index in [1.54, 1.807) is 0 Å². The van der Waals surface area contributed by atoms with E-state index in [1.165, 1.54) is 7.11 Å². The summed E-state index contributed by atoms with van der Waals surface area (Å²) in [6.45, 7) is 2.07. The van der Waals surface area contributed by atoms with E-state index in [-0.39, 0.29) is 17.5 Å². The zero-order valence-corrected chi connectivity index (χ0v) is 13.0. The van der Waals surface area contributed by atoms with Gasteiger partial charge in [-0.3, -0.25) is 4.79 Å². The molecule has 5 heteroatoms. The van der Waals surface area contributed by atoms with E-state index in [4.69, 9.17) is 4.74 Å². The molecule has 0 saturated carbocycles. The number of hydrogen-bond acceptors (Lipinski definition) is 4. The minimum absolute atomic E-state index is 0.174. The highest BCUT2D eigenvalue weighted by atomic mass is 16.5. The lowest BCUT2D eigenvalue weighted by Gasteiger charge is -2.10. The third-order valence-electron chi connectivity index (χ3n) is 3.54. The minimum atomic E-state index is -0.339. The van der Waals surface area contributed by atoms with Crippen LogP contribution in [0.5, 0.6) is 5.88 Å². The van der Waals surface area contributed by atoms with Crippen LogP contribution >= 0.6 is 0 Å². The number of ether oxygens (including phenoxy) is 1. The van der Waals surface area contributed by atoms with Crippen LogP contribution in [-0.4, -0.2) is 23.0 Å². The summed E-state index contributed by atoms with van der Waals surface area (Å²) < 4.78 is 5.22. The molecule has 0 unspecified atom stereocenters. The fourth-order valence-corrected chi connectivity index (χ4v) is 2.33. The Labute approximate surface area is 134 Å². The fraction of sp³-hybridized carbons (Fsp3) is 0.167. The molecule has 0 bridgehead atoms. The number of nitrogens with zero attached hydrogens (tertiary/aromatic N) is 2. The SMILES string of the molecule is CCc1cccc(NC(=O)c2nc3ccccc3nc2OC)c1. The molecule has 5 nitrogen and oxygen atoms in total. The predicted octanol–water partition coefficient (Wildman–Crippen LogP) is 3.45. The number of nitrogens with one attached hydrogen (secondary N) is 1. The molecule has 0 radical (unpaired) electrons. The Hall–Kier alpha value is -2.95. The summed E-state index contributed by atoms with van der Waals surface area (Å²) in [5.74, 6) is -0.124. The van der Waals surface area contributed by atoms with Gasteiger partial charge in [-0.05, 0) is 36.2 Å². The summed E-state index contributed by atoms with van der Waals surface area (Å²) in [6, 6.07) is 15.1. The highest BCUT2D eigenvalue weighted by molar-refractivity contribution is 6.05. The first-order valence-electron chi connectivity index (χ1n) is 7.42. The predicted molar refractivity (Wildman–Crippen MR) is 89.9 cm³/mol. The second-order valence-corrected chi connectivity index (χ2v) is 5.08. The second kappa shape index (κ2) is 6.44. The van der Waals surface area contributed by atoms with Crippen LogP contribution in [0.1, 0.15) is 23.0 Å². The molecule has 0 aliphatic rings. The molecule has 1 heterocycles. The van der Waals surface area contributed by atoms with Gasteiger partial charge in [0.05, 0.1) is 18.1 Å². The smallest absolute Gasteiger partial charge is 0.279 e. The number of rotatable bonds is 4. The Kier molecular flexibility index (Phi) is 4.19. The van der Waals surface area contributed by atoms with Gasteiger partial charge in [0.1, 0.15) is 0 Å². The normalized spacial score (nSPS) is 10.5. The largest absolute Gasteiger partial charge is 0.479 e. The molecule has 1 N–H and O–H groups in total. The third kappa shape index (κ3) is 3.13. The molecular formula is C18H17N3O2. The van der Waals surface area contributed by atoms with Gasteiger partial charge in [-0.15, -0.1) is 0 Å². The molecule has 0 atom stereocenters. The number of methoxy groups -OCH3 is 1. The number of aryl methyl sites for hydroxylation is 1. The van der Waals surface area contributed by atoms with Crippen molar-refractivity contribution in [3.8, 4) is 5.88 Å². The highest BCUT2D eigenvalue weighted by Gasteiger charge is 2.17. The lowest BCUT2D eigenvalue weighted by atomic mass is 10.1. The lowest BCUT2D eigenvalue weighted by Crippen LogP contribution is -2.16. The maximum absolute atomic E-state index is 12.5. The number of amides is 1. The maximum atomic E-state index is 12.5. The molecule has 0 aliphatic carbocycles. The van der Waals surface area contributed by atoms with Crippen LogP contribution in [0.4, 0.5) is 5.69 Å². The molecule has 1 aromatic heterocycles. The van der Waals surface area contributed by atoms with Gasteiger partial charge in [-0.25, -0.2) is 9.97 Å². The molecule has 23 heavy (non-hydrogen) atoms. The Bertz CT molecular complexity index is 862. The van der Waals surface area contributed by atoms with Crippen molar-refractivity contribution < 1.29 is 9.53 Å². The zero-order valence-electron chi connectivity index (χ0n) is 13.0. The van der Waals surface area contributed by atoms with Crippen molar-refractivity contribution >= 4 is 22.6 Å². The molecule has 0 aliphatic heterocycles. The average Bonchev–Trinajstić information content (AvgIpc) is 2.60. The molecule has 0 saturated heterocycles. The molecule has 3 rings (SSSR count). The van der Waals surface area contributed by atoms with Crippen LogP contribution in [-0.2, 0) is 6.42 Å². The standard InChI is InChI=1S/C18H17N3O2/c1-3-12-7-6-8-13(11-12)19-17(22)16-18(23-2)21-15-10-5-4-9-14(15)20-16/h4-11H,3H2,1-2H3,(H,19,22). The molecule has 3 aromatic rings. The van der Waals surface area contributed by atoms with E-state index >= 15 is 0 Å². The summed E-state index contributed by atoms with van der Waals surface area (Å²) in [6.07, 6.45) is 0.906. The van der Waals surface area contributed by atoms with Crippen LogP contribution in [0.25, 0.3) is 11.0 Å². The van der Waals surface area contributed by atoms with Gasteiger partial charge in [-0.1, -0.05) is 31.2 Å². The van der Waals surface area contributed by atoms with Crippen molar-refractivity contribution in [2.45, 2.75) is 13.3 Å². The van der Waals surface area contributed by atoms with Crippen LogP contribution in [0.2, 0.25) is 0 Å². The van der Waals surface area contributed by atoms with E-state index in [0.717, 1.165) is 17.7 Å². The summed E-state index contributed by atoms with van der Waals surface area (Å²) in [4.78, 5) is 21.3. The number of benzene rings is 2. The molecule has 1 amide bonds. The quantitative estimate of drug-likeness (QED) is 0.802. The third-order valence-corrected chi connectivity index (χ3v) is 3.54. The van der Waals surface area contributed by atoms with Crippen molar-refractivity contribution in [1.82, 2.24) is 9.97 Å². The molecule has 2 aromatic carbocycles. The monoisotopic (exact) mass is 307 g/mol. The van der Waals surface area contributed by atoms with Crippen molar-refractivity contribution in [2.24, 2.45) is 0 Å². The topological polar surface area (TPSA) is 64.1 Å². The lowest BCUT2D eigenvalue weighted by molar-refractivity contribution is 0.101. The van der Waals surface area contributed by atoms with Gasteiger partial charge >= 0.3 is 0 Å². The van der Waals surface area contributed by atoms with Crippen molar-refractivity contribution in [3.63, 3.8) is 0 Å². The summed E-state index contributed by atoms with van der Waals surface area (Å²) in [7, 11) is 1.48. The summed E-state index contributed by atoms with van der Waals surface area (Å²) >= 11 is 0. The Morgan fingerprint density at radius 2 is 1.83 bits per heavy atom. The van der Waals surface area contributed by atoms with Gasteiger partial charge < -0.3 is 10.1 Å². The second-order valence-electron chi connectivity index (χ2n) is 5.08. The first kappa shape index (κ1) is 15.0. The van der Waals surface area contributed by atoms with E-state index in [0.29, 0.717) is 11.0 Å². The number of anilines is 1. The number of fused-ring (bicyclic) bond motifs is 1. The fourth-order valence-electron chi connectivity index (χ4n) is 2.33. The van der Waals surface area contributed by atoms with Crippen molar-refractivity contribution in [2.75, 3.05) is 12.4 Å². The highest BCUT2D eigenvalue weighted by Crippen LogP contribution is 2.20. The molecular weight excluding hydrogens is 290 g/mol. The van der Waals surface area contributed by atoms with Crippen LogP contribution < -0.4 is 10.1 Å². The molecule has 0 fully saturated rings. The Balaban J connectivity index is 1.96.